The minimum absolute atomic E-state index is 0.741. The van der Waals surface area contributed by atoms with Gasteiger partial charge in [-0.15, -0.1) is 0 Å². The van der Waals surface area contributed by atoms with Crippen LogP contribution in [0.4, 0.5) is 5.69 Å². The molecule has 1 heterocycles. The van der Waals surface area contributed by atoms with E-state index >= 15 is 0 Å². The van der Waals surface area contributed by atoms with Crippen LogP contribution in [0, 0.1) is 0 Å². The molecule has 0 saturated carbocycles. The highest BCUT2D eigenvalue weighted by Crippen LogP contribution is 2.30. The molecule has 2 aromatic carbocycles. The maximum absolute atomic E-state index is 5.90. The molecule has 3 rings (SSSR count). The molecular weight excluding hydrogens is 344 g/mol. The fourth-order valence-corrected chi connectivity index (χ4v) is 3.47. The van der Waals surface area contributed by atoms with Crippen molar-refractivity contribution in [2.24, 2.45) is 5.10 Å². The van der Waals surface area contributed by atoms with E-state index in [1.165, 1.54) is 0 Å². The second-order valence-corrected chi connectivity index (χ2v) is 6.26. The molecule has 19 heavy (non-hydrogen) atoms. The molecule has 0 bridgehead atoms. The summed E-state index contributed by atoms with van der Waals surface area (Å²) in [5.74, 6) is 0.818. The summed E-state index contributed by atoms with van der Waals surface area (Å²) >= 11 is 11.2. The van der Waals surface area contributed by atoms with Gasteiger partial charge in [-0.3, -0.25) is 5.01 Å². The van der Waals surface area contributed by atoms with Gasteiger partial charge in [0, 0.05) is 15.1 Å². The molecule has 0 N–H and O–H groups in total. The van der Waals surface area contributed by atoms with Crippen LogP contribution in [0.2, 0.25) is 5.02 Å². The molecule has 0 radical (unpaired) electrons. The van der Waals surface area contributed by atoms with Crippen molar-refractivity contribution in [2.75, 3.05) is 10.9 Å². The predicted octanol–water partition coefficient (Wildman–Crippen LogP) is 4.98. The second kappa shape index (κ2) is 5.57. The smallest absolute Gasteiger partial charge is 0.127 e. The largest absolute Gasteiger partial charge is 0.254 e. The Morgan fingerprint density at radius 1 is 1.11 bits per heavy atom. The highest BCUT2D eigenvalue weighted by molar-refractivity contribution is 9.10. The molecule has 96 valence electrons. The van der Waals surface area contributed by atoms with Crippen LogP contribution in [-0.4, -0.2) is 10.9 Å². The molecule has 0 aliphatic carbocycles. The molecule has 0 fully saturated rings. The van der Waals surface area contributed by atoms with E-state index in [0.29, 0.717) is 0 Å². The summed E-state index contributed by atoms with van der Waals surface area (Å²) in [5, 5.41) is 8.41. The predicted molar refractivity (Wildman–Crippen MR) is 87.1 cm³/mol. The first-order valence-electron chi connectivity index (χ1n) is 5.73. The number of halogens is 2. The lowest BCUT2D eigenvalue weighted by Gasteiger charge is -2.12. The average molecular weight is 354 g/mol. The van der Waals surface area contributed by atoms with Gasteiger partial charge in [0.25, 0.3) is 0 Å². The third-order valence-corrected chi connectivity index (χ3v) is 4.66. The van der Waals surface area contributed by atoms with Crippen molar-refractivity contribution in [3.8, 4) is 0 Å². The van der Waals surface area contributed by atoms with Crippen molar-refractivity contribution < 1.29 is 0 Å². The van der Waals surface area contributed by atoms with Gasteiger partial charge in [0.1, 0.15) is 5.04 Å². The van der Waals surface area contributed by atoms with E-state index in [-0.39, 0.29) is 0 Å². The number of hydrazone groups is 1. The van der Waals surface area contributed by atoms with Crippen LogP contribution in [0.1, 0.15) is 5.56 Å². The third-order valence-electron chi connectivity index (χ3n) is 2.76. The Kier molecular flexibility index (Phi) is 3.82. The molecule has 0 amide bonds. The van der Waals surface area contributed by atoms with Gasteiger partial charge in [-0.25, -0.2) is 0 Å². The lowest BCUT2D eigenvalue weighted by molar-refractivity contribution is 1.01. The SMILES string of the molecule is Clc1ccc(N2CSC(c3ccccc3Br)=N2)cc1. The van der Waals surface area contributed by atoms with E-state index in [9.17, 15) is 0 Å². The third kappa shape index (κ3) is 2.81. The molecule has 0 atom stereocenters. The van der Waals surface area contributed by atoms with Crippen molar-refractivity contribution >= 4 is 50.0 Å². The Labute approximate surface area is 129 Å². The number of benzene rings is 2. The average Bonchev–Trinajstić information content (AvgIpc) is 2.89. The molecule has 0 spiro atoms. The van der Waals surface area contributed by atoms with Crippen LogP contribution >= 0.6 is 39.3 Å². The monoisotopic (exact) mass is 352 g/mol. The first-order valence-corrected chi connectivity index (χ1v) is 7.89. The number of rotatable bonds is 2. The number of nitrogens with zero attached hydrogens (tertiary/aromatic N) is 2. The van der Waals surface area contributed by atoms with Gasteiger partial charge in [0.2, 0.25) is 0 Å². The fourth-order valence-electron chi connectivity index (χ4n) is 1.80. The van der Waals surface area contributed by atoms with Crippen molar-refractivity contribution in [3.05, 3.63) is 63.6 Å². The van der Waals surface area contributed by atoms with Gasteiger partial charge in [0.15, 0.2) is 0 Å². The zero-order valence-corrected chi connectivity index (χ0v) is 13.0. The maximum atomic E-state index is 5.90. The summed E-state index contributed by atoms with van der Waals surface area (Å²) in [5.41, 5.74) is 2.18. The first-order chi connectivity index (χ1) is 9.24. The van der Waals surface area contributed by atoms with Crippen molar-refractivity contribution in [2.45, 2.75) is 0 Å². The summed E-state index contributed by atoms with van der Waals surface area (Å²) in [4.78, 5) is 0. The van der Waals surface area contributed by atoms with Gasteiger partial charge in [-0.2, -0.15) is 5.10 Å². The second-order valence-electron chi connectivity index (χ2n) is 4.03. The van der Waals surface area contributed by atoms with Crippen LogP contribution in [0.15, 0.2) is 58.1 Å². The first kappa shape index (κ1) is 13.0. The molecule has 0 aromatic heterocycles. The fraction of sp³-hybridized carbons (Fsp3) is 0.0714. The lowest BCUT2D eigenvalue weighted by Crippen LogP contribution is -2.10. The highest BCUT2D eigenvalue weighted by atomic mass is 79.9. The number of hydrogen-bond donors (Lipinski definition) is 0. The van der Waals surface area contributed by atoms with E-state index in [2.05, 4.69) is 27.1 Å². The summed E-state index contributed by atoms with van der Waals surface area (Å²) in [6.07, 6.45) is 0. The quantitative estimate of drug-likeness (QED) is 0.757. The van der Waals surface area contributed by atoms with Crippen LogP contribution in [0.3, 0.4) is 0 Å². The Balaban J connectivity index is 1.89. The number of thioether (sulfide) groups is 1. The Morgan fingerprint density at radius 3 is 2.58 bits per heavy atom. The normalized spacial score (nSPS) is 14.6. The zero-order chi connectivity index (χ0) is 13.2. The Morgan fingerprint density at radius 2 is 1.84 bits per heavy atom. The van der Waals surface area contributed by atoms with Crippen LogP contribution in [0.5, 0.6) is 0 Å². The maximum Gasteiger partial charge on any atom is 0.127 e. The Hall–Kier alpha value is -0.970. The standard InChI is InChI=1S/C14H10BrClN2S/c15-13-4-2-1-3-12(13)14-17-18(9-19-14)11-7-5-10(16)6-8-11/h1-8H,9H2. The highest BCUT2D eigenvalue weighted by Gasteiger charge is 2.19. The van der Waals surface area contributed by atoms with Crippen LogP contribution in [-0.2, 0) is 0 Å². The molecule has 2 aromatic rings. The van der Waals surface area contributed by atoms with Gasteiger partial charge >= 0.3 is 0 Å². The summed E-state index contributed by atoms with van der Waals surface area (Å²) in [7, 11) is 0. The molecule has 1 aliphatic rings. The van der Waals surface area contributed by atoms with E-state index in [1.54, 1.807) is 11.8 Å². The van der Waals surface area contributed by atoms with Crippen molar-refractivity contribution in [1.29, 1.82) is 0 Å². The molecule has 2 nitrogen and oxygen atoms in total. The van der Waals surface area contributed by atoms with Crippen LogP contribution in [0.25, 0.3) is 0 Å². The zero-order valence-electron chi connectivity index (χ0n) is 9.88. The van der Waals surface area contributed by atoms with E-state index in [1.807, 2.05) is 47.5 Å². The van der Waals surface area contributed by atoms with Crippen LogP contribution < -0.4 is 5.01 Å². The van der Waals surface area contributed by atoms with E-state index < -0.39 is 0 Å². The van der Waals surface area contributed by atoms with Gasteiger partial charge in [-0.1, -0.05) is 57.5 Å². The number of hydrogen-bond acceptors (Lipinski definition) is 3. The molecule has 0 saturated heterocycles. The van der Waals surface area contributed by atoms with E-state index in [0.717, 1.165) is 31.7 Å². The van der Waals surface area contributed by atoms with Gasteiger partial charge in [0.05, 0.1) is 11.6 Å². The number of anilines is 1. The molecular formula is C14H10BrClN2S. The minimum Gasteiger partial charge on any atom is -0.254 e. The molecule has 5 heteroatoms. The lowest BCUT2D eigenvalue weighted by atomic mass is 10.2. The Bertz CT molecular complexity index is 628. The molecule has 0 unspecified atom stereocenters. The topological polar surface area (TPSA) is 15.6 Å². The van der Waals surface area contributed by atoms with E-state index in [4.69, 9.17) is 11.6 Å². The minimum atomic E-state index is 0.741. The van der Waals surface area contributed by atoms with Crippen molar-refractivity contribution in [3.63, 3.8) is 0 Å². The summed E-state index contributed by atoms with van der Waals surface area (Å²) < 4.78 is 1.07. The summed E-state index contributed by atoms with van der Waals surface area (Å²) in [6.45, 7) is 0. The van der Waals surface area contributed by atoms with Gasteiger partial charge < -0.3 is 0 Å². The van der Waals surface area contributed by atoms with Crippen molar-refractivity contribution in [1.82, 2.24) is 0 Å². The summed E-state index contributed by atoms with van der Waals surface area (Å²) in [6, 6.07) is 15.9. The molecule has 1 aliphatic heterocycles. The van der Waals surface area contributed by atoms with Gasteiger partial charge in [-0.05, 0) is 30.3 Å².